The van der Waals surface area contributed by atoms with Gasteiger partial charge in [0.1, 0.15) is 5.82 Å². The molecule has 0 aliphatic rings. The van der Waals surface area contributed by atoms with E-state index < -0.39 is 17.4 Å². The molecule has 5 heteroatoms. The minimum Gasteiger partial charge on any atom is -0.494 e. The molecule has 0 spiro atoms. The molecule has 1 aromatic carbocycles. The van der Waals surface area contributed by atoms with E-state index in [-0.39, 0.29) is 23.8 Å². The van der Waals surface area contributed by atoms with Crippen LogP contribution in [0.2, 0.25) is 0 Å². The first kappa shape index (κ1) is 13.6. The van der Waals surface area contributed by atoms with Gasteiger partial charge >= 0.3 is 0 Å². The Balaban J connectivity index is 2.91. The number of ether oxygens (including phenoxy) is 1. The third-order valence-corrected chi connectivity index (χ3v) is 2.37. The molecule has 2 N–H and O–H groups in total. The van der Waals surface area contributed by atoms with Crippen molar-refractivity contribution in [3.05, 3.63) is 29.3 Å². The average molecular weight is 243 g/mol. The lowest BCUT2D eigenvalue weighted by Gasteiger charge is -2.07. The highest BCUT2D eigenvalue weighted by molar-refractivity contribution is 5.96. The molecule has 0 fully saturated rings. The fraction of sp³-hybridized carbons (Fsp3) is 0.417. The fourth-order valence-corrected chi connectivity index (χ4v) is 1.39. The van der Waals surface area contributed by atoms with Crippen LogP contribution in [0.25, 0.3) is 0 Å². The lowest BCUT2D eigenvalue weighted by atomic mass is 10.0. The molecular weight excluding hydrogens is 228 g/mol. The van der Waals surface area contributed by atoms with Crippen molar-refractivity contribution in [3.8, 4) is 5.75 Å². The van der Waals surface area contributed by atoms with E-state index in [0.717, 1.165) is 12.1 Å². The number of carbonyl (C=O) groups is 1. The van der Waals surface area contributed by atoms with Crippen molar-refractivity contribution in [3.63, 3.8) is 0 Å². The van der Waals surface area contributed by atoms with Gasteiger partial charge in [-0.3, -0.25) is 4.79 Å². The van der Waals surface area contributed by atoms with Crippen molar-refractivity contribution in [2.45, 2.75) is 25.8 Å². The minimum absolute atomic E-state index is 0.0976. The predicted molar refractivity (Wildman–Crippen MR) is 60.1 cm³/mol. The predicted octanol–water partition coefficient (Wildman–Crippen LogP) is 2.28. The number of carbonyl (C=O) groups excluding carboxylic acids is 1. The monoisotopic (exact) mass is 243 g/mol. The van der Waals surface area contributed by atoms with E-state index >= 15 is 0 Å². The molecule has 94 valence electrons. The third-order valence-electron chi connectivity index (χ3n) is 2.37. The van der Waals surface area contributed by atoms with Gasteiger partial charge in [-0.2, -0.15) is 0 Å². The van der Waals surface area contributed by atoms with Crippen molar-refractivity contribution in [1.29, 1.82) is 0 Å². The van der Waals surface area contributed by atoms with Crippen LogP contribution in [-0.2, 0) is 0 Å². The molecule has 1 unspecified atom stereocenters. The topological polar surface area (TPSA) is 52.3 Å². The second kappa shape index (κ2) is 5.72. The fourth-order valence-electron chi connectivity index (χ4n) is 1.39. The van der Waals surface area contributed by atoms with Crippen molar-refractivity contribution in [2.24, 2.45) is 5.73 Å². The second-order valence-electron chi connectivity index (χ2n) is 3.91. The molecule has 1 atom stereocenters. The van der Waals surface area contributed by atoms with Gasteiger partial charge in [-0.25, -0.2) is 8.78 Å². The number of methoxy groups -OCH3 is 1. The summed E-state index contributed by atoms with van der Waals surface area (Å²) in [5.41, 5.74) is 5.23. The maximum absolute atomic E-state index is 13.5. The Bertz CT molecular complexity index is 419. The van der Waals surface area contributed by atoms with Gasteiger partial charge in [0.25, 0.3) is 0 Å². The second-order valence-corrected chi connectivity index (χ2v) is 3.91. The van der Waals surface area contributed by atoms with Crippen LogP contribution in [0.1, 0.15) is 30.1 Å². The van der Waals surface area contributed by atoms with Crippen molar-refractivity contribution >= 4 is 5.78 Å². The summed E-state index contributed by atoms with van der Waals surface area (Å²) >= 11 is 0. The molecular formula is C12H15F2NO2. The van der Waals surface area contributed by atoms with Gasteiger partial charge in [-0.05, 0) is 19.4 Å². The molecule has 1 aromatic rings. The summed E-state index contributed by atoms with van der Waals surface area (Å²) in [4.78, 5) is 11.6. The summed E-state index contributed by atoms with van der Waals surface area (Å²) in [6, 6.07) is 1.58. The molecule has 0 saturated carbocycles. The number of benzene rings is 1. The van der Waals surface area contributed by atoms with E-state index in [9.17, 15) is 13.6 Å². The van der Waals surface area contributed by atoms with Crippen LogP contribution in [-0.4, -0.2) is 18.9 Å². The summed E-state index contributed by atoms with van der Waals surface area (Å²) in [6.07, 6.45) is 0.534. The number of rotatable bonds is 5. The van der Waals surface area contributed by atoms with Crippen LogP contribution < -0.4 is 10.5 Å². The molecule has 0 heterocycles. The summed E-state index contributed by atoms with van der Waals surface area (Å²) in [7, 11) is 1.23. The highest BCUT2D eigenvalue weighted by Gasteiger charge is 2.16. The number of hydrogen-bond acceptors (Lipinski definition) is 3. The Morgan fingerprint density at radius 1 is 1.41 bits per heavy atom. The van der Waals surface area contributed by atoms with Gasteiger partial charge < -0.3 is 10.5 Å². The van der Waals surface area contributed by atoms with Gasteiger partial charge in [-0.1, -0.05) is 0 Å². The number of Topliss-reactive ketones (excluding diaryl/α,β-unsaturated/α-hetero) is 1. The average Bonchev–Trinajstić information content (AvgIpc) is 2.28. The van der Waals surface area contributed by atoms with Crippen molar-refractivity contribution in [1.82, 2.24) is 0 Å². The summed E-state index contributed by atoms with van der Waals surface area (Å²) in [5.74, 6) is -2.21. The molecule has 0 radical (unpaired) electrons. The third kappa shape index (κ3) is 3.49. The maximum Gasteiger partial charge on any atom is 0.165 e. The van der Waals surface area contributed by atoms with E-state index in [2.05, 4.69) is 4.74 Å². The number of nitrogens with two attached hydrogens (primary N) is 1. The quantitative estimate of drug-likeness (QED) is 0.807. The van der Waals surface area contributed by atoms with Crippen LogP contribution >= 0.6 is 0 Å². The Morgan fingerprint density at radius 3 is 2.59 bits per heavy atom. The molecule has 0 aliphatic heterocycles. The van der Waals surface area contributed by atoms with Crippen molar-refractivity contribution < 1.29 is 18.3 Å². The smallest absolute Gasteiger partial charge is 0.165 e. The van der Waals surface area contributed by atoms with Crippen LogP contribution in [0.3, 0.4) is 0 Å². The number of halogens is 2. The lowest BCUT2D eigenvalue weighted by Crippen LogP contribution is -2.16. The zero-order valence-corrected chi connectivity index (χ0v) is 9.80. The van der Waals surface area contributed by atoms with E-state index in [1.165, 1.54) is 7.11 Å². The Hall–Kier alpha value is -1.49. The van der Waals surface area contributed by atoms with E-state index in [0.29, 0.717) is 6.42 Å². The first-order chi connectivity index (χ1) is 7.95. The maximum atomic E-state index is 13.5. The van der Waals surface area contributed by atoms with Gasteiger partial charge in [0.05, 0.1) is 12.7 Å². The molecule has 0 saturated heterocycles. The van der Waals surface area contributed by atoms with Crippen LogP contribution in [0.5, 0.6) is 5.75 Å². The summed E-state index contributed by atoms with van der Waals surface area (Å²) in [6.45, 7) is 1.75. The summed E-state index contributed by atoms with van der Waals surface area (Å²) in [5, 5.41) is 0. The Labute approximate surface area is 98.6 Å². The van der Waals surface area contributed by atoms with E-state index in [1.54, 1.807) is 6.92 Å². The SMILES string of the molecule is COc1cc(F)c(C(=O)CCC(C)N)cc1F. The largest absolute Gasteiger partial charge is 0.494 e. The Kier molecular flexibility index (Phi) is 4.57. The first-order valence-electron chi connectivity index (χ1n) is 5.27. The normalized spacial score (nSPS) is 12.3. The molecule has 0 aliphatic carbocycles. The summed E-state index contributed by atoms with van der Waals surface area (Å²) < 4.78 is 31.4. The highest BCUT2D eigenvalue weighted by atomic mass is 19.1. The van der Waals surface area contributed by atoms with E-state index in [1.807, 2.05) is 0 Å². The molecule has 0 bridgehead atoms. The van der Waals surface area contributed by atoms with Gasteiger partial charge in [-0.15, -0.1) is 0 Å². The zero-order valence-electron chi connectivity index (χ0n) is 9.80. The van der Waals surface area contributed by atoms with Crippen LogP contribution in [0.15, 0.2) is 12.1 Å². The van der Waals surface area contributed by atoms with Crippen molar-refractivity contribution in [2.75, 3.05) is 7.11 Å². The van der Waals surface area contributed by atoms with E-state index in [4.69, 9.17) is 5.73 Å². The molecule has 0 amide bonds. The minimum atomic E-state index is -0.780. The molecule has 3 nitrogen and oxygen atoms in total. The van der Waals surface area contributed by atoms with Crippen LogP contribution in [0, 0.1) is 11.6 Å². The van der Waals surface area contributed by atoms with Gasteiger partial charge in [0.15, 0.2) is 17.3 Å². The molecule has 17 heavy (non-hydrogen) atoms. The number of ketones is 1. The van der Waals surface area contributed by atoms with Crippen LogP contribution in [0.4, 0.5) is 8.78 Å². The number of hydrogen-bond donors (Lipinski definition) is 1. The van der Waals surface area contributed by atoms with Gasteiger partial charge in [0.2, 0.25) is 0 Å². The zero-order chi connectivity index (χ0) is 13.0. The molecule has 0 aromatic heterocycles. The van der Waals surface area contributed by atoms with Gasteiger partial charge in [0, 0.05) is 18.5 Å². The highest BCUT2D eigenvalue weighted by Crippen LogP contribution is 2.22. The standard InChI is InChI=1S/C12H15F2NO2/c1-7(15)3-4-11(16)8-5-10(14)12(17-2)6-9(8)13/h5-7H,3-4,15H2,1-2H3. The first-order valence-corrected chi connectivity index (χ1v) is 5.27. The lowest BCUT2D eigenvalue weighted by molar-refractivity contribution is 0.0973. The Morgan fingerprint density at radius 2 is 2.06 bits per heavy atom. The molecule has 1 rings (SSSR count).